The third-order valence-electron chi connectivity index (χ3n) is 4.56. The number of carbonyl (C=O) groups is 2. The number of hydrogen-bond donors (Lipinski definition) is 0. The van der Waals surface area contributed by atoms with Gasteiger partial charge in [-0.25, -0.2) is 9.91 Å². The predicted molar refractivity (Wildman–Crippen MR) is 96.3 cm³/mol. The highest BCUT2D eigenvalue weighted by atomic mass is 16.5. The van der Waals surface area contributed by atoms with Gasteiger partial charge in [-0.1, -0.05) is 17.4 Å². The van der Waals surface area contributed by atoms with Gasteiger partial charge in [0.1, 0.15) is 5.75 Å². The number of benzene rings is 2. The van der Waals surface area contributed by atoms with Crippen molar-refractivity contribution in [2.45, 2.75) is 25.9 Å². The molecule has 2 aromatic rings. The number of rotatable bonds is 3. The molecule has 0 aromatic heterocycles. The fourth-order valence-corrected chi connectivity index (χ4v) is 3.46. The van der Waals surface area contributed by atoms with Gasteiger partial charge in [-0.05, 0) is 49.2 Å². The summed E-state index contributed by atoms with van der Waals surface area (Å²) in [6, 6.07) is 11.2. The van der Waals surface area contributed by atoms with Crippen LogP contribution < -0.4 is 14.6 Å². The Morgan fingerprint density at radius 2 is 1.69 bits per heavy atom. The van der Waals surface area contributed by atoms with E-state index in [1.165, 1.54) is 9.91 Å². The Bertz CT molecular complexity index is 920. The second-order valence-electron chi connectivity index (χ2n) is 6.50. The van der Waals surface area contributed by atoms with Crippen molar-refractivity contribution in [2.24, 2.45) is 10.3 Å². The second kappa shape index (κ2) is 5.94. The number of ether oxygens (including phenoxy) is 1. The van der Waals surface area contributed by atoms with Gasteiger partial charge >= 0.3 is 0 Å². The number of hydrogen-bond acceptors (Lipinski definition) is 6. The maximum Gasteiger partial charge on any atom is 0.263 e. The first-order valence-corrected chi connectivity index (χ1v) is 8.30. The van der Waals surface area contributed by atoms with Gasteiger partial charge in [-0.15, -0.1) is 0 Å². The zero-order valence-electron chi connectivity index (χ0n) is 14.7. The maximum absolute atomic E-state index is 13.1. The first-order valence-electron chi connectivity index (χ1n) is 8.30. The summed E-state index contributed by atoms with van der Waals surface area (Å²) in [7, 11) is 1.57. The Morgan fingerprint density at radius 1 is 0.962 bits per heavy atom. The molecule has 26 heavy (non-hydrogen) atoms. The van der Waals surface area contributed by atoms with Crippen molar-refractivity contribution in [1.29, 1.82) is 0 Å². The van der Waals surface area contributed by atoms with E-state index in [0.717, 1.165) is 11.1 Å². The van der Waals surface area contributed by atoms with Crippen LogP contribution in [-0.4, -0.2) is 31.0 Å². The molecule has 132 valence electrons. The van der Waals surface area contributed by atoms with Crippen molar-refractivity contribution >= 4 is 23.2 Å². The molecule has 0 saturated carbocycles. The van der Waals surface area contributed by atoms with E-state index in [-0.39, 0.29) is 11.8 Å². The molecule has 2 aromatic carbocycles. The molecule has 7 heteroatoms. The second-order valence-corrected chi connectivity index (χ2v) is 6.50. The van der Waals surface area contributed by atoms with E-state index in [0.29, 0.717) is 17.1 Å². The molecule has 0 aliphatic carbocycles. The highest BCUT2D eigenvalue weighted by molar-refractivity contribution is 6.26. The number of amides is 2. The maximum atomic E-state index is 13.1. The van der Waals surface area contributed by atoms with Crippen LogP contribution in [0, 0.1) is 13.8 Å². The lowest BCUT2D eigenvalue weighted by molar-refractivity contribution is -0.121. The number of aryl methyl sites for hydroxylation is 2. The zero-order valence-corrected chi connectivity index (χ0v) is 14.7. The third-order valence-corrected chi connectivity index (χ3v) is 4.56. The van der Waals surface area contributed by atoms with Gasteiger partial charge in [-0.2, -0.15) is 5.11 Å². The van der Waals surface area contributed by atoms with Gasteiger partial charge in [0.25, 0.3) is 11.8 Å². The van der Waals surface area contributed by atoms with Crippen LogP contribution in [0.5, 0.6) is 5.75 Å². The van der Waals surface area contributed by atoms with Crippen LogP contribution in [0.4, 0.5) is 11.4 Å². The number of nitrogens with zero attached hydrogens (tertiary/aromatic N) is 4. The summed E-state index contributed by atoms with van der Waals surface area (Å²) >= 11 is 0. The van der Waals surface area contributed by atoms with Crippen molar-refractivity contribution < 1.29 is 14.3 Å². The first-order chi connectivity index (χ1) is 12.5. The summed E-state index contributed by atoms with van der Waals surface area (Å²) in [6.07, 6.45) is 0. The van der Waals surface area contributed by atoms with Gasteiger partial charge in [-0.3, -0.25) is 9.59 Å². The van der Waals surface area contributed by atoms with Crippen LogP contribution in [-0.2, 0) is 9.59 Å². The van der Waals surface area contributed by atoms with E-state index in [1.54, 1.807) is 31.4 Å². The van der Waals surface area contributed by atoms with E-state index in [2.05, 4.69) is 10.3 Å². The van der Waals surface area contributed by atoms with E-state index < -0.39 is 12.1 Å². The standard InChI is InChI=1S/C19H18N4O3/c1-11-7-12(2)9-14(8-11)22-18(24)16-17(19(22)25)23(21-20-16)13-5-4-6-15(10-13)26-3/h4-10,16-17H,1-3H3/t16-,17-/m0/s1. The van der Waals surface area contributed by atoms with Crippen LogP contribution in [0.15, 0.2) is 52.8 Å². The molecule has 1 fully saturated rings. The highest BCUT2D eigenvalue weighted by Gasteiger charge is 2.55. The molecular formula is C19H18N4O3. The van der Waals surface area contributed by atoms with Crippen LogP contribution in [0.3, 0.4) is 0 Å². The van der Waals surface area contributed by atoms with E-state index in [1.807, 2.05) is 32.0 Å². The molecule has 2 aliphatic rings. The highest BCUT2D eigenvalue weighted by Crippen LogP contribution is 2.36. The number of carbonyl (C=O) groups excluding carboxylic acids is 2. The van der Waals surface area contributed by atoms with Crippen LogP contribution in [0.25, 0.3) is 0 Å². The molecule has 2 heterocycles. The third kappa shape index (κ3) is 2.44. The average Bonchev–Trinajstić information content (AvgIpc) is 3.15. The van der Waals surface area contributed by atoms with E-state index >= 15 is 0 Å². The quantitative estimate of drug-likeness (QED) is 0.798. The number of fused-ring (bicyclic) bond motifs is 1. The van der Waals surface area contributed by atoms with E-state index in [9.17, 15) is 9.59 Å². The lowest BCUT2D eigenvalue weighted by Gasteiger charge is -2.21. The lowest BCUT2D eigenvalue weighted by atomic mass is 10.1. The van der Waals surface area contributed by atoms with Crippen molar-refractivity contribution in [1.82, 2.24) is 0 Å². The van der Waals surface area contributed by atoms with Crippen LogP contribution in [0.2, 0.25) is 0 Å². The minimum atomic E-state index is -0.825. The fraction of sp³-hybridized carbons (Fsp3) is 0.263. The molecule has 0 spiro atoms. The molecule has 0 bridgehead atoms. The van der Waals surface area contributed by atoms with Crippen molar-refractivity contribution in [3.05, 3.63) is 53.6 Å². The monoisotopic (exact) mass is 350 g/mol. The summed E-state index contributed by atoms with van der Waals surface area (Å²) in [6.45, 7) is 3.87. The topological polar surface area (TPSA) is 74.6 Å². The first kappa shape index (κ1) is 16.3. The molecule has 2 atom stereocenters. The normalized spacial score (nSPS) is 21.5. The SMILES string of the molecule is COc1cccc(N2N=N[C@@H]3C(=O)N(c4cc(C)cc(C)c4)C(=O)[C@H]32)c1. The molecule has 2 aliphatic heterocycles. The molecule has 4 rings (SSSR count). The minimum Gasteiger partial charge on any atom is -0.497 e. The fourth-order valence-electron chi connectivity index (χ4n) is 3.46. The average molecular weight is 350 g/mol. The summed E-state index contributed by atoms with van der Waals surface area (Å²) in [5.74, 6) is -0.0268. The Morgan fingerprint density at radius 3 is 2.38 bits per heavy atom. The zero-order chi connectivity index (χ0) is 18.4. The summed E-state index contributed by atoms with van der Waals surface area (Å²) in [5, 5.41) is 9.62. The molecule has 0 unspecified atom stereocenters. The minimum absolute atomic E-state index is 0.321. The van der Waals surface area contributed by atoms with Crippen molar-refractivity contribution in [2.75, 3.05) is 17.0 Å². The molecule has 7 nitrogen and oxygen atoms in total. The Kier molecular flexibility index (Phi) is 3.72. The van der Waals surface area contributed by atoms with Gasteiger partial charge in [0, 0.05) is 6.07 Å². The van der Waals surface area contributed by atoms with Crippen LogP contribution >= 0.6 is 0 Å². The van der Waals surface area contributed by atoms with Crippen molar-refractivity contribution in [3.8, 4) is 5.75 Å². The van der Waals surface area contributed by atoms with E-state index in [4.69, 9.17) is 4.74 Å². The smallest absolute Gasteiger partial charge is 0.263 e. The number of imide groups is 1. The van der Waals surface area contributed by atoms with Gasteiger partial charge < -0.3 is 4.74 Å². The molecule has 1 saturated heterocycles. The molecule has 2 amide bonds. The summed E-state index contributed by atoms with van der Waals surface area (Å²) in [5.41, 5.74) is 3.21. The predicted octanol–water partition coefficient (Wildman–Crippen LogP) is 2.81. The Hall–Kier alpha value is -3.22. The Balaban J connectivity index is 1.71. The largest absolute Gasteiger partial charge is 0.497 e. The van der Waals surface area contributed by atoms with Gasteiger partial charge in [0.15, 0.2) is 12.1 Å². The summed E-state index contributed by atoms with van der Waals surface area (Å²) in [4.78, 5) is 27.1. The van der Waals surface area contributed by atoms with Gasteiger partial charge in [0.2, 0.25) is 0 Å². The van der Waals surface area contributed by atoms with Crippen molar-refractivity contribution in [3.63, 3.8) is 0 Å². The number of methoxy groups -OCH3 is 1. The molecular weight excluding hydrogens is 332 g/mol. The van der Waals surface area contributed by atoms with Gasteiger partial charge in [0.05, 0.1) is 18.5 Å². The molecule has 0 N–H and O–H groups in total. The van der Waals surface area contributed by atoms with Crippen LogP contribution in [0.1, 0.15) is 11.1 Å². The Labute approximate surface area is 150 Å². The molecule has 0 radical (unpaired) electrons. The summed E-state index contributed by atoms with van der Waals surface area (Å²) < 4.78 is 5.23. The lowest BCUT2D eigenvalue weighted by Crippen LogP contribution is -2.39. The number of anilines is 2.